The lowest BCUT2D eigenvalue weighted by Crippen LogP contribution is -2.37. The van der Waals surface area contributed by atoms with Gasteiger partial charge in [0, 0.05) is 17.6 Å². The number of hydrogen-bond acceptors (Lipinski definition) is 3. The van der Waals surface area contributed by atoms with E-state index in [0.717, 1.165) is 23.0 Å². The van der Waals surface area contributed by atoms with Crippen LogP contribution in [0.1, 0.15) is 45.2 Å². The molecule has 2 aromatic rings. The topological polar surface area (TPSA) is 30.5 Å². The molecule has 0 heterocycles. The summed E-state index contributed by atoms with van der Waals surface area (Å²) in [6, 6.07) is 8.27. The van der Waals surface area contributed by atoms with Crippen LogP contribution in [-0.4, -0.2) is 12.1 Å². The maximum atomic E-state index is 13.2. The third-order valence-electron chi connectivity index (χ3n) is 4.41. The molecule has 0 aromatic heterocycles. The van der Waals surface area contributed by atoms with Crippen molar-refractivity contribution in [3.05, 3.63) is 56.8 Å². The molecule has 0 unspecified atom stereocenters. The van der Waals surface area contributed by atoms with Crippen molar-refractivity contribution in [3.8, 4) is 11.5 Å². The van der Waals surface area contributed by atoms with Gasteiger partial charge in [-0.25, -0.2) is 4.39 Å². The van der Waals surface area contributed by atoms with Gasteiger partial charge in [0.15, 0.2) is 11.5 Å². The molecule has 0 aliphatic heterocycles. The normalized spacial score (nSPS) is 11.5. The van der Waals surface area contributed by atoms with Crippen LogP contribution in [0.15, 0.2) is 34.8 Å². The van der Waals surface area contributed by atoms with Gasteiger partial charge in [0.1, 0.15) is 12.4 Å². The molecule has 2 rings (SSSR count). The van der Waals surface area contributed by atoms with Crippen LogP contribution in [0.5, 0.6) is 11.5 Å². The highest BCUT2D eigenvalue weighted by Gasteiger charge is 2.17. The summed E-state index contributed by atoms with van der Waals surface area (Å²) in [5.74, 6) is 0.902. The first-order valence-electron chi connectivity index (χ1n) is 9.02. The Bertz CT molecular complexity index is 783. The Hall–Kier alpha value is -1.30. The van der Waals surface area contributed by atoms with Gasteiger partial charge in [-0.3, -0.25) is 0 Å². The second-order valence-corrected chi connectivity index (χ2v) is 8.21. The fraction of sp³-hybridized carbons (Fsp3) is 0.429. The van der Waals surface area contributed by atoms with E-state index in [-0.39, 0.29) is 18.0 Å². The van der Waals surface area contributed by atoms with E-state index in [4.69, 9.17) is 21.1 Å². The molecule has 1 N–H and O–H groups in total. The second kappa shape index (κ2) is 9.76. The Balaban J connectivity index is 2.19. The number of hydrogen-bond donors (Lipinski definition) is 1. The first-order valence-corrected chi connectivity index (χ1v) is 10.2. The fourth-order valence-electron chi connectivity index (χ4n) is 2.38. The standard InChI is InChI=1S/C21H26BrClFNO2/c1-5-21(3,4)25-12-14-9-17(22)20(19(10-14)26-6-2)27-13-15-7-8-16(24)11-18(15)23/h7-11,25H,5-6,12-13H2,1-4H3. The number of rotatable bonds is 9. The summed E-state index contributed by atoms with van der Waals surface area (Å²) in [6.45, 7) is 9.91. The van der Waals surface area contributed by atoms with Crippen molar-refractivity contribution in [1.82, 2.24) is 5.32 Å². The van der Waals surface area contributed by atoms with Crippen molar-refractivity contribution in [2.45, 2.75) is 52.8 Å². The van der Waals surface area contributed by atoms with Crippen molar-refractivity contribution < 1.29 is 13.9 Å². The minimum absolute atomic E-state index is 0.0623. The van der Waals surface area contributed by atoms with E-state index in [1.807, 2.05) is 19.1 Å². The number of benzene rings is 2. The molecule has 0 saturated heterocycles. The van der Waals surface area contributed by atoms with Gasteiger partial charge in [-0.05, 0) is 73.0 Å². The number of nitrogens with one attached hydrogen (secondary N) is 1. The van der Waals surface area contributed by atoms with Crippen molar-refractivity contribution in [2.24, 2.45) is 0 Å². The summed E-state index contributed by atoms with van der Waals surface area (Å²) in [4.78, 5) is 0. The molecule has 0 atom stereocenters. The molecule has 2 aromatic carbocycles. The van der Waals surface area contributed by atoms with E-state index >= 15 is 0 Å². The Morgan fingerprint density at radius 2 is 1.89 bits per heavy atom. The molecule has 0 aliphatic rings. The van der Waals surface area contributed by atoms with Crippen LogP contribution in [0, 0.1) is 5.82 Å². The molecular formula is C21H26BrClFNO2. The Kier molecular flexibility index (Phi) is 7.95. The minimum Gasteiger partial charge on any atom is -0.490 e. The monoisotopic (exact) mass is 457 g/mol. The summed E-state index contributed by atoms with van der Waals surface area (Å²) in [5, 5.41) is 3.88. The predicted molar refractivity (Wildman–Crippen MR) is 112 cm³/mol. The lowest BCUT2D eigenvalue weighted by atomic mass is 10.0. The smallest absolute Gasteiger partial charge is 0.175 e. The van der Waals surface area contributed by atoms with E-state index < -0.39 is 0 Å². The minimum atomic E-state index is -0.369. The third kappa shape index (κ3) is 6.37. The van der Waals surface area contributed by atoms with E-state index in [2.05, 4.69) is 42.0 Å². The Morgan fingerprint density at radius 3 is 2.52 bits per heavy atom. The van der Waals surface area contributed by atoms with E-state index in [0.29, 0.717) is 28.7 Å². The fourth-order valence-corrected chi connectivity index (χ4v) is 3.21. The predicted octanol–water partition coefficient (Wildman–Crippen LogP) is 6.50. The van der Waals surface area contributed by atoms with Crippen LogP contribution in [0.25, 0.3) is 0 Å². The first-order chi connectivity index (χ1) is 12.8. The maximum Gasteiger partial charge on any atom is 0.175 e. The van der Waals surface area contributed by atoms with Crippen molar-refractivity contribution in [2.75, 3.05) is 6.61 Å². The van der Waals surface area contributed by atoms with E-state index in [1.54, 1.807) is 6.07 Å². The summed E-state index contributed by atoms with van der Waals surface area (Å²) in [7, 11) is 0. The van der Waals surface area contributed by atoms with Crippen LogP contribution in [0.2, 0.25) is 5.02 Å². The molecule has 148 valence electrons. The number of ether oxygens (including phenoxy) is 2. The zero-order valence-corrected chi connectivity index (χ0v) is 18.5. The summed E-state index contributed by atoms with van der Waals surface area (Å²) >= 11 is 9.67. The number of halogens is 3. The first kappa shape index (κ1) is 22.0. The van der Waals surface area contributed by atoms with Crippen LogP contribution < -0.4 is 14.8 Å². The van der Waals surface area contributed by atoms with Crippen molar-refractivity contribution in [3.63, 3.8) is 0 Å². The molecule has 6 heteroatoms. The highest BCUT2D eigenvalue weighted by molar-refractivity contribution is 9.10. The summed E-state index contributed by atoms with van der Waals surface area (Å²) < 4.78 is 25.7. The Labute approximate surface area is 174 Å². The van der Waals surface area contributed by atoms with Gasteiger partial charge in [-0.15, -0.1) is 0 Å². The van der Waals surface area contributed by atoms with Gasteiger partial charge in [0.2, 0.25) is 0 Å². The van der Waals surface area contributed by atoms with Gasteiger partial charge in [0.25, 0.3) is 0 Å². The largest absolute Gasteiger partial charge is 0.490 e. The van der Waals surface area contributed by atoms with Gasteiger partial charge in [-0.1, -0.05) is 24.6 Å². The average Bonchev–Trinajstić information content (AvgIpc) is 2.61. The molecule has 0 radical (unpaired) electrons. The second-order valence-electron chi connectivity index (χ2n) is 6.95. The highest BCUT2D eigenvalue weighted by Crippen LogP contribution is 2.38. The Morgan fingerprint density at radius 1 is 1.15 bits per heavy atom. The molecular weight excluding hydrogens is 433 g/mol. The summed E-state index contributed by atoms with van der Waals surface area (Å²) in [5.41, 5.74) is 1.87. The SMILES string of the molecule is CCOc1cc(CNC(C)(C)CC)cc(Br)c1OCc1ccc(F)cc1Cl. The molecule has 0 spiro atoms. The van der Waals surface area contributed by atoms with Crippen molar-refractivity contribution in [1.29, 1.82) is 0 Å². The maximum absolute atomic E-state index is 13.2. The molecule has 0 amide bonds. The van der Waals surface area contributed by atoms with Gasteiger partial charge < -0.3 is 14.8 Å². The molecule has 0 fully saturated rings. The highest BCUT2D eigenvalue weighted by atomic mass is 79.9. The van der Waals surface area contributed by atoms with Gasteiger partial charge in [-0.2, -0.15) is 0 Å². The molecule has 0 bridgehead atoms. The zero-order chi connectivity index (χ0) is 20.0. The third-order valence-corrected chi connectivity index (χ3v) is 5.35. The van der Waals surface area contributed by atoms with Crippen LogP contribution in [0.4, 0.5) is 4.39 Å². The van der Waals surface area contributed by atoms with Gasteiger partial charge >= 0.3 is 0 Å². The lowest BCUT2D eigenvalue weighted by Gasteiger charge is -2.25. The lowest BCUT2D eigenvalue weighted by molar-refractivity contribution is 0.267. The zero-order valence-electron chi connectivity index (χ0n) is 16.2. The van der Waals surface area contributed by atoms with E-state index in [9.17, 15) is 4.39 Å². The average molecular weight is 459 g/mol. The molecule has 27 heavy (non-hydrogen) atoms. The van der Waals surface area contributed by atoms with Crippen LogP contribution in [0.3, 0.4) is 0 Å². The van der Waals surface area contributed by atoms with Crippen molar-refractivity contribution >= 4 is 27.5 Å². The molecule has 3 nitrogen and oxygen atoms in total. The van der Waals surface area contributed by atoms with Crippen LogP contribution in [-0.2, 0) is 13.2 Å². The molecule has 0 saturated carbocycles. The van der Waals surface area contributed by atoms with Crippen LogP contribution >= 0.6 is 27.5 Å². The summed E-state index contributed by atoms with van der Waals surface area (Å²) in [6.07, 6.45) is 1.03. The molecule has 0 aliphatic carbocycles. The van der Waals surface area contributed by atoms with E-state index in [1.165, 1.54) is 12.1 Å². The van der Waals surface area contributed by atoms with Gasteiger partial charge in [0.05, 0.1) is 16.1 Å². The quantitative estimate of drug-likeness (QED) is 0.465.